The van der Waals surface area contributed by atoms with Gasteiger partial charge in [0.15, 0.2) is 0 Å². The molecule has 1 aliphatic carbocycles. The Morgan fingerprint density at radius 2 is 1.53 bits per heavy atom. The molecule has 1 aliphatic rings. The van der Waals surface area contributed by atoms with Gasteiger partial charge in [-0.05, 0) is 37.5 Å². The summed E-state index contributed by atoms with van der Waals surface area (Å²) in [5.41, 5.74) is 0.567. The summed E-state index contributed by atoms with van der Waals surface area (Å²) in [6.07, 6.45) is 4.98. The second-order valence-corrected chi connectivity index (χ2v) is 7.90. The number of nitrogens with one attached hydrogen (secondary N) is 1. The normalized spacial score (nSPS) is 15.4. The van der Waals surface area contributed by atoms with Gasteiger partial charge in [0.2, 0.25) is 11.8 Å². The summed E-state index contributed by atoms with van der Waals surface area (Å²) in [5, 5.41) is 3.03. The minimum absolute atomic E-state index is 0.0563. The van der Waals surface area contributed by atoms with Crippen LogP contribution in [0.1, 0.15) is 50.2 Å². The van der Waals surface area contributed by atoms with E-state index < -0.39 is 23.6 Å². The molecular weight excluding hydrogens is 386 g/mol. The van der Waals surface area contributed by atoms with Gasteiger partial charge in [-0.15, -0.1) is 0 Å². The predicted octanol–water partition coefficient (Wildman–Crippen LogP) is 4.37. The van der Waals surface area contributed by atoms with Crippen molar-refractivity contribution in [3.63, 3.8) is 0 Å². The summed E-state index contributed by atoms with van der Waals surface area (Å²) in [7, 11) is 0. The SMILES string of the molecule is CC(C(=O)NC1CCCCC1)N(Cc1ccccc1F)C(=O)Cc1ccccc1F. The van der Waals surface area contributed by atoms with E-state index in [9.17, 15) is 18.4 Å². The molecule has 1 atom stereocenters. The van der Waals surface area contributed by atoms with Gasteiger partial charge in [-0.3, -0.25) is 9.59 Å². The van der Waals surface area contributed by atoms with Gasteiger partial charge >= 0.3 is 0 Å². The van der Waals surface area contributed by atoms with Gasteiger partial charge in [0.1, 0.15) is 17.7 Å². The maximum atomic E-state index is 14.2. The van der Waals surface area contributed by atoms with E-state index in [2.05, 4.69) is 5.32 Å². The number of carbonyl (C=O) groups is 2. The molecule has 1 fully saturated rings. The third-order valence-corrected chi connectivity index (χ3v) is 5.72. The van der Waals surface area contributed by atoms with Gasteiger partial charge < -0.3 is 10.2 Å². The van der Waals surface area contributed by atoms with Crippen molar-refractivity contribution in [3.05, 3.63) is 71.3 Å². The molecule has 1 saturated carbocycles. The molecule has 2 amide bonds. The summed E-state index contributed by atoms with van der Waals surface area (Å²) in [5.74, 6) is -1.60. The van der Waals surface area contributed by atoms with Crippen LogP contribution in [0.3, 0.4) is 0 Å². The van der Waals surface area contributed by atoms with Crippen LogP contribution in [0.4, 0.5) is 8.78 Å². The monoisotopic (exact) mass is 414 g/mol. The molecule has 6 heteroatoms. The van der Waals surface area contributed by atoms with E-state index in [0.717, 1.165) is 25.7 Å². The molecule has 30 heavy (non-hydrogen) atoms. The highest BCUT2D eigenvalue weighted by Gasteiger charge is 2.29. The number of benzene rings is 2. The zero-order valence-corrected chi connectivity index (χ0v) is 17.2. The van der Waals surface area contributed by atoms with Gasteiger partial charge in [-0.25, -0.2) is 8.78 Å². The summed E-state index contributed by atoms with van der Waals surface area (Å²) < 4.78 is 28.3. The highest BCUT2D eigenvalue weighted by atomic mass is 19.1. The highest BCUT2D eigenvalue weighted by molar-refractivity contribution is 5.88. The first-order chi connectivity index (χ1) is 14.5. The minimum atomic E-state index is -0.800. The van der Waals surface area contributed by atoms with E-state index in [1.54, 1.807) is 43.3 Å². The molecule has 0 radical (unpaired) electrons. The van der Waals surface area contributed by atoms with E-state index >= 15 is 0 Å². The van der Waals surface area contributed by atoms with Crippen molar-refractivity contribution in [1.82, 2.24) is 10.2 Å². The highest BCUT2D eigenvalue weighted by Crippen LogP contribution is 2.19. The fraction of sp³-hybridized carbons (Fsp3) is 0.417. The van der Waals surface area contributed by atoms with Crippen molar-refractivity contribution < 1.29 is 18.4 Å². The molecule has 0 spiro atoms. The van der Waals surface area contributed by atoms with Gasteiger partial charge in [-0.2, -0.15) is 0 Å². The number of carbonyl (C=O) groups excluding carboxylic acids is 2. The number of hydrogen-bond acceptors (Lipinski definition) is 2. The standard InChI is InChI=1S/C24H28F2N2O2/c1-17(24(30)27-20-11-3-2-4-12-20)28(16-19-10-6-8-14-22(19)26)23(29)15-18-9-5-7-13-21(18)25/h5-10,13-14,17,20H,2-4,11-12,15-16H2,1H3,(H,27,30). The zero-order valence-electron chi connectivity index (χ0n) is 17.2. The third-order valence-electron chi connectivity index (χ3n) is 5.72. The molecular formula is C24H28F2N2O2. The van der Waals surface area contributed by atoms with Crippen LogP contribution < -0.4 is 5.32 Å². The topological polar surface area (TPSA) is 49.4 Å². The second kappa shape index (κ2) is 10.3. The Bertz CT molecular complexity index is 881. The lowest BCUT2D eigenvalue weighted by molar-refractivity contribution is -0.140. The summed E-state index contributed by atoms with van der Waals surface area (Å²) in [6, 6.07) is 11.5. The maximum Gasteiger partial charge on any atom is 0.242 e. The average molecular weight is 414 g/mol. The fourth-order valence-electron chi connectivity index (χ4n) is 3.87. The molecule has 3 rings (SSSR count). The first-order valence-corrected chi connectivity index (χ1v) is 10.5. The van der Waals surface area contributed by atoms with Crippen molar-refractivity contribution in [2.75, 3.05) is 0 Å². The van der Waals surface area contributed by atoms with E-state index in [-0.39, 0.29) is 30.5 Å². The number of halogens is 2. The predicted molar refractivity (Wildman–Crippen MR) is 112 cm³/mol. The van der Waals surface area contributed by atoms with Crippen LogP contribution in [-0.4, -0.2) is 28.8 Å². The van der Waals surface area contributed by atoms with Gasteiger partial charge in [0.25, 0.3) is 0 Å². The van der Waals surface area contributed by atoms with Crippen molar-refractivity contribution >= 4 is 11.8 Å². The van der Waals surface area contributed by atoms with Crippen molar-refractivity contribution in [3.8, 4) is 0 Å². The molecule has 0 saturated heterocycles. The average Bonchev–Trinajstić information content (AvgIpc) is 2.75. The maximum absolute atomic E-state index is 14.2. The Kier molecular flexibility index (Phi) is 7.55. The van der Waals surface area contributed by atoms with E-state index in [1.165, 1.54) is 23.5 Å². The van der Waals surface area contributed by atoms with Gasteiger partial charge in [0, 0.05) is 18.2 Å². The first kappa shape index (κ1) is 21.9. The third kappa shape index (κ3) is 5.65. The molecule has 1 unspecified atom stereocenters. The van der Waals surface area contributed by atoms with Crippen molar-refractivity contribution in [1.29, 1.82) is 0 Å². The zero-order chi connectivity index (χ0) is 21.5. The summed E-state index contributed by atoms with van der Waals surface area (Å²) in [6.45, 7) is 1.58. The molecule has 1 N–H and O–H groups in total. The lowest BCUT2D eigenvalue weighted by Crippen LogP contribution is -2.50. The van der Waals surface area contributed by atoms with Crippen molar-refractivity contribution in [2.45, 2.75) is 64.1 Å². The molecule has 4 nitrogen and oxygen atoms in total. The van der Waals surface area contributed by atoms with E-state index in [0.29, 0.717) is 5.56 Å². The van der Waals surface area contributed by atoms with Crippen LogP contribution in [0.2, 0.25) is 0 Å². The molecule has 0 heterocycles. The Labute approximate surface area is 176 Å². The molecule has 2 aromatic rings. The van der Waals surface area contributed by atoms with Gasteiger partial charge in [-0.1, -0.05) is 55.7 Å². The van der Waals surface area contributed by atoms with Crippen molar-refractivity contribution in [2.24, 2.45) is 0 Å². The number of nitrogens with zero attached hydrogens (tertiary/aromatic N) is 1. The van der Waals surface area contributed by atoms with Crippen LogP contribution in [-0.2, 0) is 22.6 Å². The molecule has 0 bridgehead atoms. The first-order valence-electron chi connectivity index (χ1n) is 10.5. The Balaban J connectivity index is 1.78. The number of hydrogen-bond donors (Lipinski definition) is 1. The van der Waals surface area contributed by atoms with Crippen LogP contribution in [0.15, 0.2) is 48.5 Å². The summed E-state index contributed by atoms with van der Waals surface area (Å²) in [4.78, 5) is 27.3. The van der Waals surface area contributed by atoms with Crippen LogP contribution in [0.25, 0.3) is 0 Å². The smallest absolute Gasteiger partial charge is 0.242 e. The Morgan fingerprint density at radius 3 is 2.13 bits per heavy atom. The van der Waals surface area contributed by atoms with Crippen LogP contribution >= 0.6 is 0 Å². The lowest BCUT2D eigenvalue weighted by Gasteiger charge is -2.31. The van der Waals surface area contributed by atoms with E-state index in [4.69, 9.17) is 0 Å². The fourth-order valence-corrected chi connectivity index (χ4v) is 3.87. The Morgan fingerprint density at radius 1 is 0.967 bits per heavy atom. The lowest BCUT2D eigenvalue weighted by atomic mass is 9.95. The molecule has 2 aromatic carbocycles. The number of amides is 2. The molecule has 0 aromatic heterocycles. The number of rotatable bonds is 7. The largest absolute Gasteiger partial charge is 0.352 e. The second-order valence-electron chi connectivity index (χ2n) is 7.90. The van der Waals surface area contributed by atoms with Crippen LogP contribution in [0, 0.1) is 11.6 Å². The minimum Gasteiger partial charge on any atom is -0.352 e. The molecule has 160 valence electrons. The summed E-state index contributed by atoms with van der Waals surface area (Å²) >= 11 is 0. The van der Waals surface area contributed by atoms with Crippen LogP contribution in [0.5, 0.6) is 0 Å². The van der Waals surface area contributed by atoms with E-state index in [1.807, 2.05) is 0 Å². The van der Waals surface area contributed by atoms with Gasteiger partial charge in [0.05, 0.1) is 6.42 Å². The quantitative estimate of drug-likeness (QED) is 0.731. The molecule has 0 aliphatic heterocycles. The Hall–Kier alpha value is -2.76.